The molecule has 0 atom stereocenters. The Balaban J connectivity index is 1.82. The fourth-order valence-electron chi connectivity index (χ4n) is 2.72. The monoisotopic (exact) mass is 291 g/mol. The van der Waals surface area contributed by atoms with Gasteiger partial charge in [-0.2, -0.15) is 5.10 Å². The van der Waals surface area contributed by atoms with Crippen molar-refractivity contribution in [3.8, 4) is 0 Å². The van der Waals surface area contributed by atoms with E-state index in [9.17, 15) is 0 Å². The van der Waals surface area contributed by atoms with Crippen LogP contribution in [-0.2, 0) is 6.54 Å². The Bertz CT molecular complexity index is 407. The summed E-state index contributed by atoms with van der Waals surface area (Å²) in [4.78, 5) is 4.67. The molecule has 1 aromatic heterocycles. The Morgan fingerprint density at radius 2 is 1.95 bits per heavy atom. The summed E-state index contributed by atoms with van der Waals surface area (Å²) in [6.45, 7) is 8.37. The van der Waals surface area contributed by atoms with E-state index in [0.29, 0.717) is 12.0 Å². The maximum Gasteiger partial charge on any atom is 0.151 e. The van der Waals surface area contributed by atoms with Crippen LogP contribution in [-0.4, -0.2) is 54.9 Å². The molecule has 5 heteroatoms. The molecule has 21 heavy (non-hydrogen) atoms. The van der Waals surface area contributed by atoms with Crippen molar-refractivity contribution in [2.24, 2.45) is 5.92 Å². The molecule has 0 radical (unpaired) electrons. The molecular weight excluding hydrogens is 262 g/mol. The molecule has 2 rings (SSSR count). The highest BCUT2D eigenvalue weighted by molar-refractivity contribution is 5.37. The second-order valence-corrected chi connectivity index (χ2v) is 6.59. The lowest BCUT2D eigenvalue weighted by atomic mass is 10.0. The van der Waals surface area contributed by atoms with Gasteiger partial charge in [0.15, 0.2) is 5.82 Å². The molecule has 118 valence electrons. The van der Waals surface area contributed by atoms with E-state index in [1.54, 1.807) is 0 Å². The third kappa shape index (κ3) is 4.93. The minimum absolute atomic E-state index is 0.662. The van der Waals surface area contributed by atoms with Crippen molar-refractivity contribution in [1.82, 2.24) is 20.4 Å². The lowest BCUT2D eigenvalue weighted by molar-refractivity contribution is 0.249. The minimum atomic E-state index is 0.662. The van der Waals surface area contributed by atoms with Crippen molar-refractivity contribution in [3.63, 3.8) is 0 Å². The number of aromatic nitrogens is 2. The van der Waals surface area contributed by atoms with Gasteiger partial charge in [-0.25, -0.2) is 0 Å². The van der Waals surface area contributed by atoms with Crippen molar-refractivity contribution in [3.05, 3.63) is 17.8 Å². The van der Waals surface area contributed by atoms with E-state index in [4.69, 9.17) is 0 Å². The molecule has 1 aliphatic heterocycles. The second-order valence-electron chi connectivity index (χ2n) is 6.59. The topological polar surface area (TPSA) is 44.3 Å². The normalized spacial score (nSPS) is 17.0. The summed E-state index contributed by atoms with van der Waals surface area (Å²) in [5, 5.41) is 12.1. The average Bonchev–Trinajstić information content (AvgIpc) is 2.48. The lowest BCUT2D eigenvalue weighted by Crippen LogP contribution is -2.42. The zero-order valence-electron chi connectivity index (χ0n) is 13.8. The fourth-order valence-corrected chi connectivity index (χ4v) is 2.72. The van der Waals surface area contributed by atoms with Gasteiger partial charge in [0, 0.05) is 25.7 Å². The zero-order valence-corrected chi connectivity index (χ0v) is 13.8. The number of rotatable bonds is 6. The summed E-state index contributed by atoms with van der Waals surface area (Å²) < 4.78 is 0. The molecule has 2 heterocycles. The number of piperidine rings is 1. The molecule has 0 spiro atoms. The van der Waals surface area contributed by atoms with Gasteiger partial charge in [-0.15, -0.1) is 5.10 Å². The largest absolute Gasteiger partial charge is 0.355 e. The fraction of sp³-hybridized carbons (Fsp3) is 0.750. The molecule has 1 saturated heterocycles. The molecule has 0 saturated carbocycles. The van der Waals surface area contributed by atoms with Gasteiger partial charge >= 0.3 is 0 Å². The van der Waals surface area contributed by atoms with Crippen LogP contribution in [0.4, 0.5) is 5.82 Å². The van der Waals surface area contributed by atoms with Gasteiger partial charge in [0.2, 0.25) is 0 Å². The standard InChI is InChI=1S/C16H29N5/c1-13(2)11-17-12-14-5-6-16(19-18-14)21-9-7-15(8-10-21)20(3)4/h5-6,13,15,17H,7-12H2,1-4H3. The van der Waals surface area contributed by atoms with E-state index in [1.807, 2.05) is 0 Å². The van der Waals surface area contributed by atoms with Gasteiger partial charge in [0.25, 0.3) is 0 Å². The molecular formula is C16H29N5. The maximum atomic E-state index is 4.39. The van der Waals surface area contributed by atoms with Crippen LogP contribution in [0.3, 0.4) is 0 Å². The first-order chi connectivity index (χ1) is 10.1. The Morgan fingerprint density at radius 3 is 2.48 bits per heavy atom. The van der Waals surface area contributed by atoms with Crippen molar-refractivity contribution in [1.29, 1.82) is 0 Å². The Hall–Kier alpha value is -1.20. The number of anilines is 1. The van der Waals surface area contributed by atoms with Crippen molar-refractivity contribution < 1.29 is 0 Å². The lowest BCUT2D eigenvalue weighted by Gasteiger charge is -2.35. The Morgan fingerprint density at radius 1 is 1.24 bits per heavy atom. The highest BCUT2D eigenvalue weighted by Gasteiger charge is 2.21. The summed E-state index contributed by atoms with van der Waals surface area (Å²) in [6.07, 6.45) is 2.40. The molecule has 0 aliphatic carbocycles. The minimum Gasteiger partial charge on any atom is -0.355 e. The van der Waals surface area contributed by atoms with E-state index >= 15 is 0 Å². The van der Waals surface area contributed by atoms with Gasteiger partial charge in [0.1, 0.15) is 0 Å². The molecule has 1 aliphatic rings. The molecule has 0 unspecified atom stereocenters. The average molecular weight is 291 g/mol. The smallest absolute Gasteiger partial charge is 0.151 e. The van der Waals surface area contributed by atoms with E-state index in [2.05, 4.69) is 65.4 Å². The molecule has 1 fully saturated rings. The van der Waals surface area contributed by atoms with Crippen LogP contribution < -0.4 is 10.2 Å². The molecule has 0 amide bonds. The van der Waals surface area contributed by atoms with Crippen LogP contribution in [0, 0.1) is 5.92 Å². The van der Waals surface area contributed by atoms with Gasteiger partial charge in [0.05, 0.1) is 5.69 Å². The first-order valence-corrected chi connectivity index (χ1v) is 8.01. The van der Waals surface area contributed by atoms with Crippen LogP contribution in [0.15, 0.2) is 12.1 Å². The van der Waals surface area contributed by atoms with Gasteiger partial charge in [-0.3, -0.25) is 0 Å². The SMILES string of the molecule is CC(C)CNCc1ccc(N2CCC(N(C)C)CC2)nn1. The van der Waals surface area contributed by atoms with E-state index in [-0.39, 0.29) is 0 Å². The van der Waals surface area contributed by atoms with Gasteiger partial charge in [-0.1, -0.05) is 13.8 Å². The molecule has 0 bridgehead atoms. The van der Waals surface area contributed by atoms with E-state index in [1.165, 1.54) is 12.8 Å². The third-order valence-corrected chi connectivity index (χ3v) is 4.08. The van der Waals surface area contributed by atoms with Crippen LogP contribution in [0.5, 0.6) is 0 Å². The van der Waals surface area contributed by atoms with Crippen molar-refractivity contribution in [2.45, 2.75) is 39.3 Å². The van der Waals surface area contributed by atoms with E-state index < -0.39 is 0 Å². The molecule has 1 N–H and O–H groups in total. The first-order valence-electron chi connectivity index (χ1n) is 8.01. The number of nitrogens with zero attached hydrogens (tertiary/aromatic N) is 4. The summed E-state index contributed by atoms with van der Waals surface area (Å²) >= 11 is 0. The van der Waals surface area contributed by atoms with Crippen LogP contribution >= 0.6 is 0 Å². The summed E-state index contributed by atoms with van der Waals surface area (Å²) in [5.74, 6) is 1.68. The first kappa shape index (κ1) is 16.2. The molecule has 5 nitrogen and oxygen atoms in total. The predicted molar refractivity (Wildman–Crippen MR) is 87.5 cm³/mol. The Kier molecular flexibility index (Phi) is 5.94. The maximum absolute atomic E-state index is 4.39. The van der Waals surface area contributed by atoms with Crippen molar-refractivity contribution >= 4 is 5.82 Å². The Labute approximate surface area is 128 Å². The quantitative estimate of drug-likeness (QED) is 0.865. The van der Waals surface area contributed by atoms with Gasteiger partial charge in [-0.05, 0) is 51.5 Å². The predicted octanol–water partition coefficient (Wildman–Crippen LogP) is 1.75. The molecule has 0 aromatic carbocycles. The zero-order chi connectivity index (χ0) is 15.2. The summed E-state index contributed by atoms with van der Waals surface area (Å²) in [7, 11) is 4.33. The van der Waals surface area contributed by atoms with Crippen LogP contribution in [0.2, 0.25) is 0 Å². The van der Waals surface area contributed by atoms with Crippen molar-refractivity contribution in [2.75, 3.05) is 38.6 Å². The number of nitrogens with one attached hydrogen (secondary N) is 1. The summed E-state index contributed by atoms with van der Waals surface area (Å²) in [6, 6.07) is 4.90. The second kappa shape index (κ2) is 7.71. The van der Waals surface area contributed by atoms with Crippen LogP contribution in [0.25, 0.3) is 0 Å². The summed E-state index contributed by atoms with van der Waals surface area (Å²) in [5.41, 5.74) is 1.02. The number of hydrogen-bond donors (Lipinski definition) is 1. The highest BCUT2D eigenvalue weighted by Crippen LogP contribution is 2.19. The molecule has 1 aromatic rings. The highest BCUT2D eigenvalue weighted by atomic mass is 15.3. The van der Waals surface area contributed by atoms with E-state index in [0.717, 1.165) is 37.7 Å². The number of hydrogen-bond acceptors (Lipinski definition) is 5. The third-order valence-electron chi connectivity index (χ3n) is 4.08. The van der Waals surface area contributed by atoms with Crippen LogP contribution in [0.1, 0.15) is 32.4 Å². The van der Waals surface area contributed by atoms with Gasteiger partial charge < -0.3 is 15.1 Å².